The minimum atomic E-state index is -0.00521. The van der Waals surface area contributed by atoms with Crippen molar-refractivity contribution in [2.45, 2.75) is 19.4 Å². The van der Waals surface area contributed by atoms with Gasteiger partial charge in [0.1, 0.15) is 5.75 Å². The number of halogens is 1. The van der Waals surface area contributed by atoms with Crippen LogP contribution in [-0.2, 0) is 6.42 Å². The molecule has 2 aromatic carbocycles. The Balaban J connectivity index is 2.07. The van der Waals surface area contributed by atoms with Crippen molar-refractivity contribution in [1.82, 2.24) is 0 Å². The van der Waals surface area contributed by atoms with Crippen molar-refractivity contribution in [3.63, 3.8) is 0 Å². The highest BCUT2D eigenvalue weighted by atomic mass is 79.9. The Labute approximate surface area is 122 Å². The zero-order valence-electron chi connectivity index (χ0n) is 11.0. The Morgan fingerprint density at radius 1 is 1.11 bits per heavy atom. The average Bonchev–Trinajstić information content (AvgIpc) is 2.42. The third-order valence-corrected chi connectivity index (χ3v) is 3.79. The fraction of sp³-hybridized carbons (Fsp3) is 0.250. The van der Waals surface area contributed by atoms with Crippen molar-refractivity contribution in [3.8, 4) is 5.75 Å². The smallest absolute Gasteiger partial charge is 0.119 e. The zero-order valence-corrected chi connectivity index (χ0v) is 12.6. The minimum absolute atomic E-state index is 0.00521. The van der Waals surface area contributed by atoms with Gasteiger partial charge in [-0.2, -0.15) is 0 Å². The first-order valence-electron chi connectivity index (χ1n) is 6.42. The number of benzene rings is 2. The van der Waals surface area contributed by atoms with Gasteiger partial charge in [0.2, 0.25) is 0 Å². The van der Waals surface area contributed by atoms with Gasteiger partial charge in [0.25, 0.3) is 0 Å². The lowest BCUT2D eigenvalue weighted by Gasteiger charge is -2.14. The summed E-state index contributed by atoms with van der Waals surface area (Å²) in [5.41, 5.74) is 8.61. The molecule has 0 aliphatic rings. The van der Waals surface area contributed by atoms with E-state index in [0.717, 1.165) is 22.2 Å². The molecule has 0 spiro atoms. The lowest BCUT2D eigenvalue weighted by atomic mass is 10.00. The second kappa shape index (κ2) is 6.73. The quantitative estimate of drug-likeness (QED) is 0.900. The minimum Gasteiger partial charge on any atom is -0.494 e. The van der Waals surface area contributed by atoms with Crippen LogP contribution in [0.1, 0.15) is 24.1 Å². The highest BCUT2D eigenvalue weighted by Gasteiger charge is 2.09. The van der Waals surface area contributed by atoms with E-state index in [-0.39, 0.29) is 6.04 Å². The standard InChI is InChI=1S/C16H18BrNO/c1-2-19-14-9-7-12(8-10-14)16(18)11-13-5-3-4-6-15(13)17/h3-10,16H,2,11,18H2,1H3. The molecule has 0 amide bonds. The lowest BCUT2D eigenvalue weighted by molar-refractivity contribution is 0.340. The molecule has 3 heteroatoms. The van der Waals surface area contributed by atoms with E-state index in [2.05, 4.69) is 22.0 Å². The van der Waals surface area contributed by atoms with Crippen molar-refractivity contribution in [3.05, 3.63) is 64.1 Å². The van der Waals surface area contributed by atoms with Crippen molar-refractivity contribution < 1.29 is 4.74 Å². The van der Waals surface area contributed by atoms with Crippen molar-refractivity contribution in [1.29, 1.82) is 0 Å². The van der Waals surface area contributed by atoms with Gasteiger partial charge in [-0.05, 0) is 42.7 Å². The fourth-order valence-electron chi connectivity index (χ4n) is 2.00. The van der Waals surface area contributed by atoms with E-state index in [1.807, 2.05) is 49.4 Å². The molecule has 0 radical (unpaired) electrons. The van der Waals surface area contributed by atoms with Gasteiger partial charge < -0.3 is 10.5 Å². The monoisotopic (exact) mass is 319 g/mol. The molecular formula is C16H18BrNO. The van der Waals surface area contributed by atoms with Crippen LogP contribution in [-0.4, -0.2) is 6.61 Å². The first-order chi connectivity index (χ1) is 9.20. The number of hydrogen-bond acceptors (Lipinski definition) is 2. The van der Waals surface area contributed by atoms with E-state index in [4.69, 9.17) is 10.5 Å². The van der Waals surface area contributed by atoms with E-state index < -0.39 is 0 Å². The molecule has 2 nitrogen and oxygen atoms in total. The Hall–Kier alpha value is -1.32. The molecule has 1 unspecified atom stereocenters. The van der Waals surface area contributed by atoms with Crippen molar-refractivity contribution >= 4 is 15.9 Å². The Bertz CT molecular complexity index is 525. The molecule has 0 aliphatic heterocycles. The molecule has 0 saturated carbocycles. The first-order valence-corrected chi connectivity index (χ1v) is 7.21. The summed E-state index contributed by atoms with van der Waals surface area (Å²) in [6.45, 7) is 2.66. The van der Waals surface area contributed by atoms with Crippen molar-refractivity contribution in [2.24, 2.45) is 5.73 Å². The third-order valence-electron chi connectivity index (χ3n) is 3.02. The van der Waals surface area contributed by atoms with Crippen LogP contribution < -0.4 is 10.5 Å². The van der Waals surface area contributed by atoms with Crippen LogP contribution in [0.5, 0.6) is 5.75 Å². The summed E-state index contributed by atoms with van der Waals surface area (Å²) in [5, 5.41) is 0. The second-order valence-electron chi connectivity index (χ2n) is 4.40. The Kier molecular flexibility index (Phi) is 5.00. The lowest BCUT2D eigenvalue weighted by Crippen LogP contribution is -2.13. The summed E-state index contributed by atoms with van der Waals surface area (Å²) in [4.78, 5) is 0. The maximum atomic E-state index is 6.26. The predicted molar refractivity (Wildman–Crippen MR) is 82.4 cm³/mol. The summed E-state index contributed by atoms with van der Waals surface area (Å²) in [6, 6.07) is 16.2. The van der Waals surface area contributed by atoms with Gasteiger partial charge in [-0.3, -0.25) is 0 Å². The van der Waals surface area contributed by atoms with Crippen LogP contribution in [0.4, 0.5) is 0 Å². The van der Waals surface area contributed by atoms with Gasteiger partial charge >= 0.3 is 0 Å². The number of ether oxygens (including phenoxy) is 1. The summed E-state index contributed by atoms with van der Waals surface area (Å²) in [7, 11) is 0. The Morgan fingerprint density at radius 2 is 1.79 bits per heavy atom. The highest BCUT2D eigenvalue weighted by Crippen LogP contribution is 2.23. The maximum Gasteiger partial charge on any atom is 0.119 e. The molecule has 2 rings (SSSR count). The maximum absolute atomic E-state index is 6.26. The van der Waals surface area contributed by atoms with Crippen LogP contribution >= 0.6 is 15.9 Å². The van der Waals surface area contributed by atoms with Gasteiger partial charge in [0, 0.05) is 10.5 Å². The van der Waals surface area contributed by atoms with E-state index in [9.17, 15) is 0 Å². The number of rotatable bonds is 5. The topological polar surface area (TPSA) is 35.2 Å². The summed E-state index contributed by atoms with van der Waals surface area (Å²) in [5.74, 6) is 0.888. The molecule has 19 heavy (non-hydrogen) atoms. The number of nitrogens with two attached hydrogens (primary N) is 1. The molecule has 0 aromatic heterocycles. The second-order valence-corrected chi connectivity index (χ2v) is 5.26. The molecule has 0 bridgehead atoms. The highest BCUT2D eigenvalue weighted by molar-refractivity contribution is 9.10. The van der Waals surface area contributed by atoms with Crippen LogP contribution in [0.15, 0.2) is 53.0 Å². The normalized spacial score (nSPS) is 12.2. The van der Waals surface area contributed by atoms with E-state index in [1.165, 1.54) is 5.56 Å². The third kappa shape index (κ3) is 3.82. The van der Waals surface area contributed by atoms with Crippen LogP contribution in [0.3, 0.4) is 0 Å². The summed E-state index contributed by atoms with van der Waals surface area (Å²) >= 11 is 3.55. The predicted octanol–water partition coefficient (Wildman–Crippen LogP) is 4.09. The molecular weight excluding hydrogens is 302 g/mol. The molecule has 100 valence electrons. The van der Waals surface area contributed by atoms with E-state index >= 15 is 0 Å². The summed E-state index contributed by atoms with van der Waals surface area (Å²) < 4.78 is 6.54. The van der Waals surface area contributed by atoms with Gasteiger partial charge in [0.05, 0.1) is 6.61 Å². The average molecular weight is 320 g/mol. The van der Waals surface area contributed by atoms with Gasteiger partial charge in [0.15, 0.2) is 0 Å². The molecule has 2 aromatic rings. The molecule has 0 fully saturated rings. The van der Waals surface area contributed by atoms with Crippen LogP contribution in [0.25, 0.3) is 0 Å². The Morgan fingerprint density at radius 3 is 2.42 bits per heavy atom. The molecule has 0 heterocycles. The molecule has 1 atom stereocenters. The van der Waals surface area contributed by atoms with Crippen LogP contribution in [0, 0.1) is 0 Å². The SMILES string of the molecule is CCOc1ccc(C(N)Cc2ccccc2Br)cc1. The van der Waals surface area contributed by atoms with Gasteiger partial charge in [-0.1, -0.05) is 46.3 Å². The molecule has 0 saturated heterocycles. The van der Waals surface area contributed by atoms with Gasteiger partial charge in [-0.25, -0.2) is 0 Å². The molecule has 2 N–H and O–H groups in total. The van der Waals surface area contributed by atoms with E-state index in [1.54, 1.807) is 0 Å². The largest absolute Gasteiger partial charge is 0.494 e. The fourth-order valence-corrected chi connectivity index (χ4v) is 2.44. The van der Waals surface area contributed by atoms with E-state index in [0.29, 0.717) is 6.61 Å². The number of hydrogen-bond donors (Lipinski definition) is 1. The first kappa shape index (κ1) is 14.1. The van der Waals surface area contributed by atoms with Gasteiger partial charge in [-0.15, -0.1) is 0 Å². The van der Waals surface area contributed by atoms with Crippen molar-refractivity contribution in [2.75, 3.05) is 6.61 Å². The van der Waals surface area contributed by atoms with Crippen LogP contribution in [0.2, 0.25) is 0 Å². The summed E-state index contributed by atoms with van der Waals surface area (Å²) in [6.07, 6.45) is 0.815. The zero-order chi connectivity index (χ0) is 13.7. The molecule has 0 aliphatic carbocycles.